The molecule has 0 fully saturated rings. The van der Waals surface area contributed by atoms with Crippen LogP contribution in [-0.4, -0.2) is 0 Å². The van der Waals surface area contributed by atoms with E-state index in [9.17, 15) is 0 Å². The number of hydrogen-bond acceptors (Lipinski definition) is 0. The topological polar surface area (TPSA) is 0 Å². The minimum absolute atomic E-state index is 1.10. The van der Waals surface area contributed by atoms with Crippen molar-refractivity contribution in [3.8, 4) is 0 Å². The molecule has 0 heterocycles. The van der Waals surface area contributed by atoms with Gasteiger partial charge in [-0.3, -0.25) is 0 Å². The second-order valence-corrected chi connectivity index (χ2v) is 2.50. The summed E-state index contributed by atoms with van der Waals surface area (Å²) < 4.78 is 0. The fourth-order valence-electron chi connectivity index (χ4n) is 0.992. The highest BCUT2D eigenvalue weighted by molar-refractivity contribution is 5.13. The zero-order valence-corrected chi connectivity index (χ0v) is 6.88. The van der Waals surface area contributed by atoms with Crippen molar-refractivity contribution in [2.45, 2.75) is 19.8 Å². The molecule has 0 unspecified atom stereocenters. The number of benzene rings is 1. The molecule has 0 aliphatic heterocycles. The lowest BCUT2D eigenvalue weighted by molar-refractivity contribution is 0.997. The van der Waals surface area contributed by atoms with E-state index in [-0.39, 0.29) is 0 Å². The Balaban J connectivity index is 2.39. The molecule has 1 aromatic rings. The third-order valence-corrected chi connectivity index (χ3v) is 1.59. The highest BCUT2D eigenvalue weighted by Crippen LogP contribution is 2.01. The SMILES string of the molecule is C/C=C/CCc1[c]cccc1. The van der Waals surface area contributed by atoms with Gasteiger partial charge in [-0.1, -0.05) is 36.4 Å². The van der Waals surface area contributed by atoms with E-state index in [0.29, 0.717) is 0 Å². The van der Waals surface area contributed by atoms with Crippen LogP contribution in [0, 0.1) is 6.07 Å². The smallest absolute Gasteiger partial charge is 0.0149 e. The van der Waals surface area contributed by atoms with Crippen molar-refractivity contribution in [1.82, 2.24) is 0 Å². The molecular weight excluding hydrogens is 132 g/mol. The molecule has 0 nitrogen and oxygen atoms in total. The van der Waals surface area contributed by atoms with Crippen LogP contribution < -0.4 is 0 Å². The number of allylic oxidation sites excluding steroid dienone is 2. The van der Waals surface area contributed by atoms with Gasteiger partial charge in [-0.15, -0.1) is 0 Å². The summed E-state index contributed by atoms with van der Waals surface area (Å²) in [6.45, 7) is 2.05. The van der Waals surface area contributed by atoms with Gasteiger partial charge in [0.05, 0.1) is 0 Å². The van der Waals surface area contributed by atoms with Gasteiger partial charge in [0.15, 0.2) is 0 Å². The number of hydrogen-bond donors (Lipinski definition) is 0. The fraction of sp³-hybridized carbons (Fsp3) is 0.273. The van der Waals surface area contributed by atoms with Gasteiger partial charge in [0.1, 0.15) is 0 Å². The molecule has 0 atom stereocenters. The van der Waals surface area contributed by atoms with Gasteiger partial charge in [-0.25, -0.2) is 0 Å². The Kier molecular flexibility index (Phi) is 3.46. The van der Waals surface area contributed by atoms with Crippen molar-refractivity contribution in [3.05, 3.63) is 48.0 Å². The lowest BCUT2D eigenvalue weighted by Crippen LogP contribution is -1.81. The van der Waals surface area contributed by atoms with Gasteiger partial charge in [0, 0.05) is 0 Å². The third kappa shape index (κ3) is 3.03. The van der Waals surface area contributed by atoms with Crippen molar-refractivity contribution in [2.24, 2.45) is 0 Å². The van der Waals surface area contributed by atoms with Crippen LogP contribution in [0.4, 0.5) is 0 Å². The first-order valence-corrected chi connectivity index (χ1v) is 4.00. The molecule has 11 heavy (non-hydrogen) atoms. The van der Waals surface area contributed by atoms with Crippen LogP contribution in [0.1, 0.15) is 18.9 Å². The lowest BCUT2D eigenvalue weighted by Gasteiger charge is -1.94. The van der Waals surface area contributed by atoms with E-state index in [1.807, 2.05) is 12.1 Å². The molecule has 0 N–H and O–H groups in total. The van der Waals surface area contributed by atoms with E-state index in [2.05, 4.69) is 37.3 Å². The summed E-state index contributed by atoms with van der Waals surface area (Å²) in [5.74, 6) is 0. The van der Waals surface area contributed by atoms with Crippen LogP contribution in [0.2, 0.25) is 0 Å². The summed E-state index contributed by atoms with van der Waals surface area (Å²) in [6, 6.07) is 11.3. The van der Waals surface area contributed by atoms with Gasteiger partial charge >= 0.3 is 0 Å². The fourth-order valence-corrected chi connectivity index (χ4v) is 0.992. The number of aryl methyl sites for hydroxylation is 1. The average molecular weight is 145 g/mol. The first-order valence-electron chi connectivity index (χ1n) is 4.00. The van der Waals surface area contributed by atoms with E-state index in [4.69, 9.17) is 0 Å². The van der Waals surface area contributed by atoms with Crippen LogP contribution >= 0.6 is 0 Å². The van der Waals surface area contributed by atoms with Crippen LogP contribution in [0.3, 0.4) is 0 Å². The Labute approximate surface area is 68.6 Å². The van der Waals surface area contributed by atoms with Crippen molar-refractivity contribution in [1.29, 1.82) is 0 Å². The second-order valence-electron chi connectivity index (χ2n) is 2.50. The first kappa shape index (κ1) is 8.06. The minimum Gasteiger partial charge on any atom is -0.0917 e. The molecule has 57 valence electrons. The Morgan fingerprint density at radius 2 is 2.36 bits per heavy atom. The van der Waals surface area contributed by atoms with Crippen molar-refractivity contribution >= 4 is 0 Å². The predicted octanol–water partition coefficient (Wildman–Crippen LogP) is 3.00. The molecule has 0 aromatic heterocycles. The van der Waals surface area contributed by atoms with E-state index < -0.39 is 0 Å². The Bertz CT molecular complexity index is 209. The maximum atomic E-state index is 3.19. The molecule has 0 amide bonds. The number of rotatable bonds is 3. The Hall–Kier alpha value is -1.04. The molecule has 0 spiro atoms. The van der Waals surface area contributed by atoms with Crippen molar-refractivity contribution in [2.75, 3.05) is 0 Å². The second kappa shape index (κ2) is 4.73. The molecule has 1 rings (SSSR count). The van der Waals surface area contributed by atoms with Crippen LogP contribution in [0.25, 0.3) is 0 Å². The van der Waals surface area contributed by atoms with E-state index >= 15 is 0 Å². The third-order valence-electron chi connectivity index (χ3n) is 1.59. The molecular formula is C11H13. The molecule has 1 radical (unpaired) electrons. The molecule has 0 aliphatic carbocycles. The standard InChI is InChI=1S/C11H13/c1-2-3-5-8-11-9-6-4-7-10-11/h2-4,6-7,9H,5,8H2,1H3/b3-2+. The van der Waals surface area contributed by atoms with Crippen LogP contribution in [0.5, 0.6) is 0 Å². The normalized spacial score (nSPS) is 10.6. The lowest BCUT2D eigenvalue weighted by atomic mass is 10.1. The van der Waals surface area contributed by atoms with Crippen molar-refractivity contribution in [3.63, 3.8) is 0 Å². The predicted molar refractivity (Wildman–Crippen MR) is 48.4 cm³/mol. The molecule has 0 aliphatic rings. The van der Waals surface area contributed by atoms with E-state index in [1.54, 1.807) is 0 Å². The summed E-state index contributed by atoms with van der Waals surface area (Å²) in [6.07, 6.45) is 6.49. The van der Waals surface area contributed by atoms with E-state index in [1.165, 1.54) is 5.56 Å². The zero-order valence-electron chi connectivity index (χ0n) is 6.88. The van der Waals surface area contributed by atoms with Crippen LogP contribution in [-0.2, 0) is 6.42 Å². The summed E-state index contributed by atoms with van der Waals surface area (Å²) in [7, 11) is 0. The monoisotopic (exact) mass is 145 g/mol. The van der Waals surface area contributed by atoms with Gasteiger partial charge in [-0.05, 0) is 31.4 Å². The quantitative estimate of drug-likeness (QED) is 0.573. The molecule has 0 heteroatoms. The maximum absolute atomic E-state index is 3.19. The molecule has 0 bridgehead atoms. The summed E-state index contributed by atoms with van der Waals surface area (Å²) in [5.41, 5.74) is 1.30. The summed E-state index contributed by atoms with van der Waals surface area (Å²) >= 11 is 0. The van der Waals surface area contributed by atoms with E-state index in [0.717, 1.165) is 12.8 Å². The van der Waals surface area contributed by atoms with Crippen molar-refractivity contribution < 1.29 is 0 Å². The van der Waals surface area contributed by atoms with Gasteiger partial charge in [-0.2, -0.15) is 0 Å². The van der Waals surface area contributed by atoms with Gasteiger partial charge < -0.3 is 0 Å². The maximum Gasteiger partial charge on any atom is -0.0149 e. The Morgan fingerprint density at radius 1 is 1.45 bits per heavy atom. The van der Waals surface area contributed by atoms with Gasteiger partial charge in [0.2, 0.25) is 0 Å². The highest BCUT2D eigenvalue weighted by atomic mass is 13.9. The molecule has 1 aromatic carbocycles. The summed E-state index contributed by atoms with van der Waals surface area (Å²) in [5, 5.41) is 0. The average Bonchev–Trinajstić information content (AvgIpc) is 2.07. The highest BCUT2D eigenvalue weighted by Gasteiger charge is 1.87. The zero-order chi connectivity index (χ0) is 7.94. The summed E-state index contributed by atoms with van der Waals surface area (Å²) in [4.78, 5) is 0. The largest absolute Gasteiger partial charge is 0.0917 e. The Morgan fingerprint density at radius 3 is 3.00 bits per heavy atom. The molecule has 0 saturated carbocycles. The molecule has 0 saturated heterocycles. The first-order chi connectivity index (χ1) is 5.43. The van der Waals surface area contributed by atoms with Crippen LogP contribution in [0.15, 0.2) is 36.4 Å². The minimum atomic E-state index is 1.10. The van der Waals surface area contributed by atoms with Gasteiger partial charge in [0.25, 0.3) is 0 Å².